The normalized spacial score (nSPS) is 10.4. The Morgan fingerprint density at radius 1 is 1.20 bits per heavy atom. The molecule has 7 heteroatoms. The van der Waals surface area contributed by atoms with Gasteiger partial charge in [0.25, 0.3) is 0 Å². The number of rotatable bonds is 5. The van der Waals surface area contributed by atoms with Gasteiger partial charge in [-0.25, -0.2) is 9.97 Å². The summed E-state index contributed by atoms with van der Waals surface area (Å²) in [5, 5.41) is 3.22. The first-order valence-corrected chi connectivity index (χ1v) is 8.37. The number of aromatic nitrogens is 2. The molecule has 0 saturated heterocycles. The molecule has 2 rings (SSSR count). The lowest BCUT2D eigenvalue weighted by Gasteiger charge is -2.11. The zero-order chi connectivity index (χ0) is 14.5. The van der Waals surface area contributed by atoms with Gasteiger partial charge >= 0.3 is 0 Å². The van der Waals surface area contributed by atoms with Crippen molar-refractivity contribution in [2.24, 2.45) is 0 Å². The Morgan fingerprint density at radius 3 is 2.70 bits per heavy atom. The molecule has 1 N–H and O–H groups in total. The lowest BCUT2D eigenvalue weighted by Crippen LogP contribution is -2.04. The molecule has 0 amide bonds. The van der Waals surface area contributed by atoms with Crippen LogP contribution in [0.5, 0.6) is 11.6 Å². The van der Waals surface area contributed by atoms with E-state index in [1.807, 2.05) is 18.2 Å². The third-order valence-corrected chi connectivity index (χ3v) is 4.23. The summed E-state index contributed by atoms with van der Waals surface area (Å²) in [5.74, 6) is 1.89. The van der Waals surface area contributed by atoms with Crippen molar-refractivity contribution < 1.29 is 4.74 Å². The highest BCUT2D eigenvalue weighted by Gasteiger charge is 2.12. The fourth-order valence-corrected chi connectivity index (χ4v) is 3.01. The zero-order valence-corrected chi connectivity index (χ0v) is 15.4. The molecule has 20 heavy (non-hydrogen) atoms. The predicted octanol–water partition coefficient (Wildman–Crippen LogP) is 5.38. The van der Waals surface area contributed by atoms with Crippen LogP contribution >= 0.6 is 47.8 Å². The van der Waals surface area contributed by atoms with Crippen molar-refractivity contribution in [3.8, 4) is 11.6 Å². The van der Waals surface area contributed by atoms with E-state index >= 15 is 0 Å². The molecule has 0 radical (unpaired) electrons. The second-order valence-corrected chi connectivity index (χ2v) is 6.51. The lowest BCUT2D eigenvalue weighted by atomic mass is 10.3. The zero-order valence-electron chi connectivity index (χ0n) is 10.7. The molecule has 1 heterocycles. The van der Waals surface area contributed by atoms with E-state index in [1.165, 1.54) is 6.33 Å². The van der Waals surface area contributed by atoms with Gasteiger partial charge < -0.3 is 10.1 Å². The first-order valence-electron chi connectivity index (χ1n) is 5.99. The van der Waals surface area contributed by atoms with Gasteiger partial charge in [0, 0.05) is 11.0 Å². The second-order valence-electron chi connectivity index (χ2n) is 3.94. The molecular weight excluding hydrogens is 454 g/mol. The smallest absolute Gasteiger partial charge is 0.238 e. The summed E-state index contributed by atoms with van der Waals surface area (Å²) in [6, 6.07) is 5.69. The molecule has 0 spiro atoms. The van der Waals surface area contributed by atoms with Gasteiger partial charge in [-0.15, -0.1) is 0 Å². The maximum absolute atomic E-state index is 5.81. The van der Waals surface area contributed by atoms with Crippen LogP contribution in [0.15, 0.2) is 37.9 Å². The van der Waals surface area contributed by atoms with Crippen LogP contribution in [-0.4, -0.2) is 16.5 Å². The Kier molecular flexibility index (Phi) is 5.80. The number of halogens is 3. The summed E-state index contributed by atoms with van der Waals surface area (Å²) >= 11 is 10.3. The summed E-state index contributed by atoms with van der Waals surface area (Å²) in [6.45, 7) is 2.94. The monoisotopic (exact) mass is 463 g/mol. The number of anilines is 1. The molecule has 0 aliphatic rings. The van der Waals surface area contributed by atoms with Gasteiger partial charge in [0.2, 0.25) is 5.88 Å². The van der Waals surface area contributed by atoms with Crippen LogP contribution in [0, 0.1) is 0 Å². The highest BCUT2D eigenvalue weighted by atomic mass is 79.9. The molecule has 2 aromatic rings. The topological polar surface area (TPSA) is 47.0 Å². The third kappa shape index (κ3) is 3.93. The standard InChI is InChI=1S/C13H12Br3N3O/c1-2-5-17-12-11(16)13(19-7-18-12)20-10-4-3-8(14)6-9(10)15/h3-4,6-7H,2,5H2,1H3,(H,17,18,19). The molecule has 0 fully saturated rings. The number of hydrogen-bond donors (Lipinski definition) is 1. The summed E-state index contributed by atoms with van der Waals surface area (Å²) < 4.78 is 8.34. The number of nitrogens with one attached hydrogen (secondary N) is 1. The van der Waals surface area contributed by atoms with E-state index < -0.39 is 0 Å². The van der Waals surface area contributed by atoms with Gasteiger partial charge in [-0.1, -0.05) is 22.9 Å². The first kappa shape index (κ1) is 15.7. The minimum Gasteiger partial charge on any atom is -0.436 e. The van der Waals surface area contributed by atoms with E-state index in [1.54, 1.807) is 0 Å². The molecule has 0 bridgehead atoms. The van der Waals surface area contributed by atoms with Crippen LogP contribution in [0.2, 0.25) is 0 Å². The molecule has 4 nitrogen and oxygen atoms in total. The van der Waals surface area contributed by atoms with Crippen molar-refractivity contribution >= 4 is 53.6 Å². The van der Waals surface area contributed by atoms with E-state index in [4.69, 9.17) is 4.74 Å². The number of benzene rings is 1. The summed E-state index contributed by atoms with van der Waals surface area (Å²) in [7, 11) is 0. The van der Waals surface area contributed by atoms with Gasteiger partial charge in [0.05, 0.1) is 4.47 Å². The summed E-state index contributed by atoms with van der Waals surface area (Å²) in [5.41, 5.74) is 0. The predicted molar refractivity (Wildman–Crippen MR) is 90.4 cm³/mol. The quantitative estimate of drug-likeness (QED) is 0.644. The fraction of sp³-hybridized carbons (Fsp3) is 0.231. The van der Waals surface area contributed by atoms with Crippen molar-refractivity contribution in [1.29, 1.82) is 0 Å². The van der Waals surface area contributed by atoms with E-state index in [0.29, 0.717) is 16.1 Å². The van der Waals surface area contributed by atoms with Gasteiger partial charge in [0.15, 0.2) is 0 Å². The number of nitrogens with zero attached hydrogens (tertiary/aromatic N) is 2. The van der Waals surface area contributed by atoms with Gasteiger partial charge in [-0.3, -0.25) is 0 Å². The molecule has 1 aromatic heterocycles. The highest BCUT2D eigenvalue weighted by molar-refractivity contribution is 9.11. The molecule has 106 valence electrons. The molecule has 0 aliphatic carbocycles. The Morgan fingerprint density at radius 2 is 2.00 bits per heavy atom. The SMILES string of the molecule is CCCNc1ncnc(Oc2ccc(Br)cc2Br)c1Br. The number of ether oxygens (including phenoxy) is 1. The van der Waals surface area contributed by atoms with Crippen LogP contribution < -0.4 is 10.1 Å². The van der Waals surface area contributed by atoms with Gasteiger partial charge in [-0.05, 0) is 56.5 Å². The molecular formula is C13H12Br3N3O. The van der Waals surface area contributed by atoms with Gasteiger partial charge in [0.1, 0.15) is 22.4 Å². The van der Waals surface area contributed by atoms with E-state index in [0.717, 1.165) is 27.7 Å². The molecule has 0 unspecified atom stereocenters. The Balaban J connectivity index is 2.24. The molecule has 0 aliphatic heterocycles. The summed E-state index contributed by atoms with van der Waals surface area (Å²) in [6.07, 6.45) is 2.50. The van der Waals surface area contributed by atoms with Crippen LogP contribution in [-0.2, 0) is 0 Å². The summed E-state index contributed by atoms with van der Waals surface area (Å²) in [4.78, 5) is 8.34. The molecule has 1 aromatic carbocycles. The minimum atomic E-state index is 0.474. The van der Waals surface area contributed by atoms with E-state index in [2.05, 4.69) is 70.0 Å². The first-order chi connectivity index (χ1) is 9.61. The van der Waals surface area contributed by atoms with Crippen LogP contribution in [0.3, 0.4) is 0 Å². The van der Waals surface area contributed by atoms with Crippen LogP contribution in [0.25, 0.3) is 0 Å². The van der Waals surface area contributed by atoms with E-state index in [-0.39, 0.29) is 0 Å². The second kappa shape index (κ2) is 7.38. The Bertz CT molecular complexity index is 607. The lowest BCUT2D eigenvalue weighted by molar-refractivity contribution is 0.455. The van der Waals surface area contributed by atoms with Gasteiger partial charge in [-0.2, -0.15) is 0 Å². The number of hydrogen-bond acceptors (Lipinski definition) is 4. The van der Waals surface area contributed by atoms with Crippen LogP contribution in [0.4, 0.5) is 5.82 Å². The average Bonchev–Trinajstić information content (AvgIpc) is 2.42. The van der Waals surface area contributed by atoms with Crippen molar-refractivity contribution in [3.05, 3.63) is 37.9 Å². The third-order valence-electron chi connectivity index (χ3n) is 2.40. The van der Waals surface area contributed by atoms with Crippen molar-refractivity contribution in [3.63, 3.8) is 0 Å². The minimum absolute atomic E-state index is 0.474. The maximum atomic E-state index is 5.81. The fourth-order valence-electron chi connectivity index (χ4n) is 1.45. The molecule has 0 saturated carbocycles. The maximum Gasteiger partial charge on any atom is 0.238 e. The van der Waals surface area contributed by atoms with Crippen LogP contribution in [0.1, 0.15) is 13.3 Å². The van der Waals surface area contributed by atoms with Crippen molar-refractivity contribution in [1.82, 2.24) is 9.97 Å². The van der Waals surface area contributed by atoms with Crippen molar-refractivity contribution in [2.45, 2.75) is 13.3 Å². The Hall–Kier alpha value is -0.660. The van der Waals surface area contributed by atoms with E-state index in [9.17, 15) is 0 Å². The van der Waals surface area contributed by atoms with Crippen molar-refractivity contribution in [2.75, 3.05) is 11.9 Å². The Labute approximate surface area is 142 Å². The molecule has 0 atom stereocenters. The highest BCUT2D eigenvalue weighted by Crippen LogP contribution is 2.36. The largest absolute Gasteiger partial charge is 0.436 e. The average molecular weight is 466 g/mol.